The van der Waals surface area contributed by atoms with Crippen LogP contribution in [0.1, 0.15) is 24.1 Å². The number of fused-ring (bicyclic) bond motifs is 1. The number of carbonyl (C=O) groups excluding carboxylic acids is 1. The number of hydrogen-bond donors (Lipinski definition) is 1. The van der Waals surface area contributed by atoms with Gasteiger partial charge in [0.1, 0.15) is 10.3 Å². The van der Waals surface area contributed by atoms with Crippen LogP contribution in [0, 0.1) is 0 Å². The Bertz CT molecular complexity index is 1530. The Morgan fingerprint density at radius 3 is 2.61 bits per heavy atom. The van der Waals surface area contributed by atoms with Gasteiger partial charge in [-0.2, -0.15) is 0 Å². The maximum atomic E-state index is 13.2. The predicted octanol–water partition coefficient (Wildman–Crippen LogP) is 3.59. The van der Waals surface area contributed by atoms with Gasteiger partial charge in [-0.15, -0.1) is 0 Å². The molecular formula is C24H21N5O5S2. The lowest BCUT2D eigenvalue weighted by Crippen LogP contribution is -2.24. The summed E-state index contributed by atoms with van der Waals surface area (Å²) in [6.07, 6.45) is 2.97. The Morgan fingerprint density at radius 2 is 1.92 bits per heavy atom. The number of benzene rings is 1. The van der Waals surface area contributed by atoms with Crippen LogP contribution in [0.15, 0.2) is 70.8 Å². The number of oxime groups is 1. The highest BCUT2D eigenvalue weighted by atomic mass is 32.2. The van der Waals surface area contributed by atoms with E-state index in [-0.39, 0.29) is 22.5 Å². The van der Waals surface area contributed by atoms with E-state index < -0.39 is 15.7 Å². The molecule has 0 atom stereocenters. The van der Waals surface area contributed by atoms with Crippen LogP contribution in [0.25, 0.3) is 10.3 Å². The Kier molecular flexibility index (Phi) is 6.61. The van der Waals surface area contributed by atoms with Gasteiger partial charge >= 0.3 is 0 Å². The molecule has 10 nitrogen and oxygen atoms in total. The summed E-state index contributed by atoms with van der Waals surface area (Å²) in [5.41, 5.74) is 1.60. The van der Waals surface area contributed by atoms with E-state index in [1.165, 1.54) is 30.6 Å². The minimum atomic E-state index is -3.36. The van der Waals surface area contributed by atoms with Gasteiger partial charge in [-0.3, -0.25) is 15.1 Å². The highest BCUT2D eigenvalue weighted by Crippen LogP contribution is 2.33. The molecule has 1 aromatic carbocycles. The van der Waals surface area contributed by atoms with E-state index in [2.05, 4.69) is 25.4 Å². The second-order valence-electron chi connectivity index (χ2n) is 7.95. The SMILES string of the molecule is COc1ccc2nc(NC(=O)/C(=N/OCc3ccccn3)c3ccc(S(=O)(=O)C4CC4)cc3)sc2n1. The molecule has 184 valence electrons. The fraction of sp³-hybridized carbons (Fsp3) is 0.208. The number of nitrogens with one attached hydrogen (secondary N) is 1. The lowest BCUT2D eigenvalue weighted by atomic mass is 10.1. The number of aromatic nitrogens is 3. The number of hydrogen-bond acceptors (Lipinski definition) is 10. The van der Waals surface area contributed by atoms with Crippen LogP contribution >= 0.6 is 11.3 Å². The number of methoxy groups -OCH3 is 1. The zero-order valence-corrected chi connectivity index (χ0v) is 20.8. The first-order chi connectivity index (χ1) is 17.4. The third-order valence-corrected chi connectivity index (χ3v) is 8.55. The zero-order valence-electron chi connectivity index (χ0n) is 19.1. The summed E-state index contributed by atoms with van der Waals surface area (Å²) in [5, 5.41) is 6.79. The number of thiazole rings is 1. The van der Waals surface area contributed by atoms with Crippen molar-refractivity contribution in [3.8, 4) is 5.88 Å². The van der Waals surface area contributed by atoms with Crippen LogP contribution < -0.4 is 10.1 Å². The summed E-state index contributed by atoms with van der Waals surface area (Å²) in [5.74, 6) is -0.129. The van der Waals surface area contributed by atoms with Crippen LogP contribution in [0.2, 0.25) is 0 Å². The number of sulfone groups is 1. The van der Waals surface area contributed by atoms with Gasteiger partial charge in [0.2, 0.25) is 5.88 Å². The van der Waals surface area contributed by atoms with Gasteiger partial charge in [0.15, 0.2) is 27.3 Å². The molecule has 3 heterocycles. The molecule has 5 rings (SSSR count). The Hall–Kier alpha value is -3.90. The quantitative estimate of drug-likeness (QED) is 0.260. The van der Waals surface area contributed by atoms with Crippen molar-refractivity contribution in [1.82, 2.24) is 15.0 Å². The van der Waals surface area contributed by atoms with Crippen molar-refractivity contribution in [2.24, 2.45) is 5.16 Å². The molecule has 0 aliphatic heterocycles. The van der Waals surface area contributed by atoms with E-state index in [0.29, 0.717) is 45.5 Å². The van der Waals surface area contributed by atoms with Gasteiger partial charge in [-0.05, 0) is 43.2 Å². The predicted molar refractivity (Wildman–Crippen MR) is 135 cm³/mol. The Labute approximate surface area is 210 Å². The number of rotatable bonds is 9. The molecule has 36 heavy (non-hydrogen) atoms. The van der Waals surface area contributed by atoms with Gasteiger partial charge in [-0.25, -0.2) is 18.4 Å². The minimum absolute atomic E-state index is 0.0360. The van der Waals surface area contributed by atoms with Crippen molar-refractivity contribution < 1.29 is 22.8 Å². The summed E-state index contributed by atoms with van der Waals surface area (Å²) < 4.78 is 30.2. The second kappa shape index (κ2) is 9.99. The van der Waals surface area contributed by atoms with E-state index in [1.54, 1.807) is 42.6 Å². The van der Waals surface area contributed by atoms with Crippen LogP contribution in [-0.4, -0.2) is 47.3 Å². The lowest BCUT2D eigenvalue weighted by molar-refractivity contribution is -0.110. The Morgan fingerprint density at radius 1 is 1.11 bits per heavy atom. The standard InChI is InChI=1S/C24H21N5O5S2/c1-33-20-12-11-19-23(27-20)35-24(26-19)28-22(30)21(29-34-14-16-4-2-3-13-25-16)15-5-7-17(8-6-15)36(31,32)18-9-10-18/h2-8,11-13,18H,9-10,14H2,1H3,(H,26,28,30)/b29-21+. The maximum Gasteiger partial charge on any atom is 0.280 e. The van der Waals surface area contributed by atoms with E-state index >= 15 is 0 Å². The molecule has 1 saturated carbocycles. The molecule has 0 spiro atoms. The Balaban J connectivity index is 1.41. The summed E-state index contributed by atoms with van der Waals surface area (Å²) in [6.45, 7) is 0.0522. The average Bonchev–Trinajstić information content (AvgIpc) is 3.68. The zero-order chi connectivity index (χ0) is 25.1. The van der Waals surface area contributed by atoms with Gasteiger partial charge in [0, 0.05) is 17.8 Å². The van der Waals surface area contributed by atoms with Crippen LogP contribution in [0.3, 0.4) is 0 Å². The molecule has 3 aromatic heterocycles. The fourth-order valence-electron chi connectivity index (χ4n) is 3.37. The van der Waals surface area contributed by atoms with E-state index in [1.807, 2.05) is 6.07 Å². The van der Waals surface area contributed by atoms with Crippen molar-refractivity contribution in [2.45, 2.75) is 29.6 Å². The van der Waals surface area contributed by atoms with Crippen molar-refractivity contribution >= 4 is 48.3 Å². The van der Waals surface area contributed by atoms with Crippen molar-refractivity contribution in [3.05, 3.63) is 72.1 Å². The number of anilines is 1. The molecule has 0 unspecified atom stereocenters. The molecule has 1 N–H and O–H groups in total. The number of pyridine rings is 2. The van der Waals surface area contributed by atoms with Crippen molar-refractivity contribution in [1.29, 1.82) is 0 Å². The number of ether oxygens (including phenoxy) is 1. The first-order valence-electron chi connectivity index (χ1n) is 11.0. The first-order valence-corrected chi connectivity index (χ1v) is 13.4. The van der Waals surface area contributed by atoms with Crippen molar-refractivity contribution in [2.75, 3.05) is 12.4 Å². The third-order valence-electron chi connectivity index (χ3n) is 5.39. The second-order valence-corrected chi connectivity index (χ2v) is 11.2. The van der Waals surface area contributed by atoms with E-state index in [4.69, 9.17) is 9.57 Å². The molecular weight excluding hydrogens is 502 g/mol. The molecule has 0 bridgehead atoms. The third kappa shape index (κ3) is 5.19. The van der Waals surface area contributed by atoms with Gasteiger partial charge < -0.3 is 9.57 Å². The molecule has 1 fully saturated rings. The van der Waals surface area contributed by atoms with Gasteiger partial charge in [0.05, 0.1) is 22.9 Å². The van der Waals surface area contributed by atoms with Gasteiger partial charge in [0.25, 0.3) is 5.91 Å². The molecule has 1 amide bonds. The highest BCUT2D eigenvalue weighted by molar-refractivity contribution is 7.92. The number of carbonyl (C=O) groups is 1. The maximum absolute atomic E-state index is 13.2. The lowest BCUT2D eigenvalue weighted by Gasteiger charge is -2.08. The largest absolute Gasteiger partial charge is 0.481 e. The van der Waals surface area contributed by atoms with Crippen molar-refractivity contribution in [3.63, 3.8) is 0 Å². The molecule has 0 radical (unpaired) electrons. The first kappa shape index (κ1) is 23.8. The average molecular weight is 524 g/mol. The molecule has 12 heteroatoms. The molecule has 4 aromatic rings. The summed E-state index contributed by atoms with van der Waals surface area (Å²) in [6, 6.07) is 14.9. The van der Waals surface area contributed by atoms with E-state index in [0.717, 1.165) is 0 Å². The van der Waals surface area contributed by atoms with Crippen LogP contribution in [-0.2, 0) is 26.1 Å². The number of nitrogens with zero attached hydrogens (tertiary/aromatic N) is 4. The topological polar surface area (TPSA) is 133 Å². The summed E-state index contributed by atoms with van der Waals surface area (Å²) in [4.78, 5) is 32.4. The minimum Gasteiger partial charge on any atom is -0.481 e. The fourth-order valence-corrected chi connectivity index (χ4v) is 5.85. The smallest absolute Gasteiger partial charge is 0.280 e. The van der Waals surface area contributed by atoms with E-state index in [9.17, 15) is 13.2 Å². The summed E-state index contributed by atoms with van der Waals surface area (Å²) >= 11 is 1.19. The monoisotopic (exact) mass is 523 g/mol. The highest BCUT2D eigenvalue weighted by Gasteiger charge is 2.36. The molecule has 1 aliphatic carbocycles. The molecule has 1 aliphatic rings. The molecule has 0 saturated heterocycles. The van der Waals surface area contributed by atoms with Gasteiger partial charge in [-0.1, -0.05) is 34.7 Å². The van der Waals surface area contributed by atoms with Crippen LogP contribution in [0.5, 0.6) is 5.88 Å². The summed E-state index contributed by atoms with van der Waals surface area (Å²) in [7, 11) is -1.84. The van der Waals surface area contributed by atoms with Crippen LogP contribution in [0.4, 0.5) is 5.13 Å². The normalized spacial score (nSPS) is 14.0. The number of amides is 1.